The van der Waals surface area contributed by atoms with Crippen LogP contribution in [0.25, 0.3) is 0 Å². The Bertz CT molecular complexity index is 710. The first kappa shape index (κ1) is 16.4. The molecule has 2 atom stereocenters. The Hall–Kier alpha value is -2.04. The summed E-state index contributed by atoms with van der Waals surface area (Å²) in [6, 6.07) is 15.6. The predicted molar refractivity (Wildman–Crippen MR) is 96.8 cm³/mol. The summed E-state index contributed by atoms with van der Waals surface area (Å²) in [6.07, 6.45) is 2.89. The minimum atomic E-state index is -0.560. The number of fused-ring (bicyclic) bond motifs is 1. The van der Waals surface area contributed by atoms with E-state index in [-0.39, 0.29) is 11.8 Å². The molecule has 2 aliphatic rings. The van der Waals surface area contributed by atoms with Crippen molar-refractivity contribution in [2.45, 2.75) is 31.4 Å². The van der Waals surface area contributed by atoms with Gasteiger partial charge in [-0.3, -0.25) is 4.90 Å². The van der Waals surface area contributed by atoms with Gasteiger partial charge in [0.15, 0.2) is 0 Å². The smallest absolute Gasteiger partial charge is 0.128 e. The van der Waals surface area contributed by atoms with Crippen molar-refractivity contribution in [3.05, 3.63) is 59.7 Å². The molecule has 2 heterocycles. The molecule has 0 spiro atoms. The molecule has 2 aromatic carbocycles. The van der Waals surface area contributed by atoms with E-state index < -0.39 is 6.10 Å². The van der Waals surface area contributed by atoms with Crippen molar-refractivity contribution in [1.82, 2.24) is 4.90 Å². The van der Waals surface area contributed by atoms with Gasteiger partial charge in [0.2, 0.25) is 0 Å². The quantitative estimate of drug-likeness (QED) is 0.902. The minimum Gasteiger partial charge on any atom is -0.508 e. The van der Waals surface area contributed by atoms with E-state index >= 15 is 0 Å². The van der Waals surface area contributed by atoms with E-state index in [1.165, 1.54) is 5.56 Å². The molecule has 1 fully saturated rings. The highest BCUT2D eigenvalue weighted by Gasteiger charge is 2.35. The topological polar surface area (TPSA) is 52.9 Å². The lowest BCUT2D eigenvalue weighted by Crippen LogP contribution is -2.49. The normalized spacial score (nSPS) is 24.5. The van der Waals surface area contributed by atoms with Crippen LogP contribution in [0.1, 0.15) is 30.1 Å². The number of piperidine rings is 1. The van der Waals surface area contributed by atoms with Gasteiger partial charge in [-0.1, -0.05) is 30.3 Å². The van der Waals surface area contributed by atoms with Crippen LogP contribution in [0.5, 0.6) is 11.5 Å². The number of rotatable bonds is 3. The summed E-state index contributed by atoms with van der Waals surface area (Å²) in [5, 5.41) is 20.3. The molecule has 4 heteroatoms. The van der Waals surface area contributed by atoms with Gasteiger partial charge in [-0.15, -0.1) is 0 Å². The predicted octanol–water partition coefficient (Wildman–Crippen LogP) is 3.14. The van der Waals surface area contributed by atoms with Gasteiger partial charge < -0.3 is 14.9 Å². The van der Waals surface area contributed by atoms with E-state index in [1.807, 2.05) is 0 Å². The summed E-state index contributed by atoms with van der Waals surface area (Å²) in [7, 11) is 0. The molecule has 0 aliphatic carbocycles. The third-order valence-corrected chi connectivity index (χ3v) is 5.58. The zero-order valence-electron chi connectivity index (χ0n) is 14.3. The number of aromatic hydroxyl groups is 1. The number of benzene rings is 2. The number of nitrogens with zero attached hydrogens (tertiary/aromatic N) is 1. The molecule has 0 aromatic heterocycles. The van der Waals surface area contributed by atoms with Crippen LogP contribution in [-0.4, -0.2) is 40.9 Å². The molecule has 2 N–H and O–H groups in total. The van der Waals surface area contributed by atoms with E-state index in [0.717, 1.165) is 37.9 Å². The number of phenols is 1. The summed E-state index contributed by atoms with van der Waals surface area (Å²) in [4.78, 5) is 2.36. The van der Waals surface area contributed by atoms with Crippen LogP contribution < -0.4 is 4.74 Å². The van der Waals surface area contributed by atoms with Gasteiger partial charge in [-0.25, -0.2) is 0 Å². The molecule has 4 rings (SSSR count). The maximum absolute atomic E-state index is 10.8. The zero-order chi connectivity index (χ0) is 17.2. The van der Waals surface area contributed by atoms with Crippen molar-refractivity contribution in [3.8, 4) is 11.5 Å². The van der Waals surface area contributed by atoms with E-state index in [9.17, 15) is 10.2 Å². The molecule has 0 bridgehead atoms. The second kappa shape index (κ2) is 7.06. The first-order valence-electron chi connectivity index (χ1n) is 9.12. The van der Waals surface area contributed by atoms with Crippen LogP contribution in [0.15, 0.2) is 48.5 Å². The largest absolute Gasteiger partial charge is 0.508 e. The third-order valence-electron chi connectivity index (χ3n) is 5.58. The number of aliphatic hydroxyl groups excluding tert-OH is 1. The van der Waals surface area contributed by atoms with E-state index in [0.29, 0.717) is 18.3 Å². The first-order chi connectivity index (χ1) is 12.2. The highest BCUT2D eigenvalue weighted by molar-refractivity contribution is 5.43. The number of hydrogen-bond donors (Lipinski definition) is 2. The SMILES string of the molecule is Oc1ccc2c(c1)OC[C@@H](N1CCC(Cc3ccccc3)CC1)[C@H]2O. The number of aliphatic hydroxyl groups is 1. The minimum absolute atomic E-state index is 0.00489. The van der Waals surface area contributed by atoms with Gasteiger partial charge in [-0.05, 0) is 56.0 Å². The first-order valence-corrected chi connectivity index (χ1v) is 9.12. The average Bonchev–Trinajstić information content (AvgIpc) is 2.64. The molecule has 2 aromatic rings. The van der Waals surface area contributed by atoms with Crippen molar-refractivity contribution in [2.24, 2.45) is 5.92 Å². The monoisotopic (exact) mass is 339 g/mol. The summed E-state index contributed by atoms with van der Waals surface area (Å²) < 4.78 is 5.80. The van der Waals surface area contributed by atoms with Gasteiger partial charge in [0.1, 0.15) is 24.2 Å². The zero-order valence-corrected chi connectivity index (χ0v) is 14.3. The van der Waals surface area contributed by atoms with Crippen LogP contribution in [0.4, 0.5) is 0 Å². The van der Waals surface area contributed by atoms with Gasteiger partial charge >= 0.3 is 0 Å². The Morgan fingerprint density at radius 2 is 1.80 bits per heavy atom. The Morgan fingerprint density at radius 3 is 2.56 bits per heavy atom. The highest BCUT2D eigenvalue weighted by Crippen LogP contribution is 2.37. The van der Waals surface area contributed by atoms with E-state index in [1.54, 1.807) is 18.2 Å². The highest BCUT2D eigenvalue weighted by atomic mass is 16.5. The average molecular weight is 339 g/mol. The maximum atomic E-state index is 10.8. The van der Waals surface area contributed by atoms with E-state index in [2.05, 4.69) is 35.2 Å². The number of hydrogen-bond acceptors (Lipinski definition) is 4. The number of likely N-dealkylation sites (tertiary alicyclic amines) is 1. The Morgan fingerprint density at radius 1 is 1.04 bits per heavy atom. The fourth-order valence-corrected chi connectivity index (χ4v) is 4.11. The summed E-state index contributed by atoms with van der Waals surface area (Å²) in [5.41, 5.74) is 2.19. The molecular weight excluding hydrogens is 314 g/mol. The Kier molecular flexibility index (Phi) is 4.64. The molecule has 2 aliphatic heterocycles. The van der Waals surface area contributed by atoms with Gasteiger partial charge in [-0.2, -0.15) is 0 Å². The van der Waals surface area contributed by atoms with Crippen LogP contribution in [-0.2, 0) is 6.42 Å². The fourth-order valence-electron chi connectivity index (χ4n) is 4.11. The lowest BCUT2D eigenvalue weighted by atomic mass is 9.88. The van der Waals surface area contributed by atoms with Crippen molar-refractivity contribution >= 4 is 0 Å². The Labute approximate surface area is 148 Å². The van der Waals surface area contributed by atoms with Gasteiger partial charge in [0, 0.05) is 11.6 Å². The molecule has 4 nitrogen and oxygen atoms in total. The molecule has 0 amide bonds. The van der Waals surface area contributed by atoms with Gasteiger partial charge in [0.05, 0.1) is 6.04 Å². The van der Waals surface area contributed by atoms with Crippen molar-refractivity contribution < 1.29 is 14.9 Å². The molecule has 0 saturated carbocycles. The van der Waals surface area contributed by atoms with Crippen LogP contribution >= 0.6 is 0 Å². The van der Waals surface area contributed by atoms with Crippen molar-refractivity contribution in [1.29, 1.82) is 0 Å². The summed E-state index contributed by atoms with van der Waals surface area (Å²) in [5.74, 6) is 1.48. The van der Waals surface area contributed by atoms with Gasteiger partial charge in [0.25, 0.3) is 0 Å². The lowest BCUT2D eigenvalue weighted by Gasteiger charge is -2.41. The Balaban J connectivity index is 1.37. The maximum Gasteiger partial charge on any atom is 0.128 e. The second-order valence-corrected chi connectivity index (χ2v) is 7.21. The van der Waals surface area contributed by atoms with Crippen molar-refractivity contribution in [3.63, 3.8) is 0 Å². The standard InChI is InChI=1S/C21H25NO3/c23-17-6-7-18-20(13-17)25-14-19(21(18)24)22-10-8-16(9-11-22)12-15-4-2-1-3-5-15/h1-7,13,16,19,21,23-24H,8-12,14H2/t19-,21+/m1/s1. The molecule has 0 radical (unpaired) electrons. The van der Waals surface area contributed by atoms with Crippen LogP contribution in [0.2, 0.25) is 0 Å². The molecule has 132 valence electrons. The van der Waals surface area contributed by atoms with Crippen LogP contribution in [0.3, 0.4) is 0 Å². The molecule has 25 heavy (non-hydrogen) atoms. The number of phenolic OH excluding ortho intramolecular Hbond substituents is 1. The van der Waals surface area contributed by atoms with E-state index in [4.69, 9.17) is 4.74 Å². The summed E-state index contributed by atoms with van der Waals surface area (Å²) >= 11 is 0. The van der Waals surface area contributed by atoms with Crippen molar-refractivity contribution in [2.75, 3.05) is 19.7 Å². The second-order valence-electron chi connectivity index (χ2n) is 7.21. The molecule has 0 unspecified atom stereocenters. The molecular formula is C21H25NO3. The lowest BCUT2D eigenvalue weighted by molar-refractivity contribution is -0.0109. The van der Waals surface area contributed by atoms with Crippen LogP contribution in [0, 0.1) is 5.92 Å². The third kappa shape index (κ3) is 3.51. The number of ether oxygens (including phenoxy) is 1. The fraction of sp³-hybridized carbons (Fsp3) is 0.429. The molecule has 1 saturated heterocycles. The summed E-state index contributed by atoms with van der Waals surface area (Å²) in [6.45, 7) is 2.47.